The summed E-state index contributed by atoms with van der Waals surface area (Å²) in [4.78, 5) is 0. The van der Waals surface area contributed by atoms with Gasteiger partial charge in [-0.05, 0) is 37.0 Å². The summed E-state index contributed by atoms with van der Waals surface area (Å²) in [6.07, 6.45) is 17.0. The van der Waals surface area contributed by atoms with E-state index in [9.17, 15) is 5.11 Å². The van der Waals surface area contributed by atoms with Crippen molar-refractivity contribution in [2.45, 2.75) is 96.5 Å². The van der Waals surface area contributed by atoms with E-state index in [0.29, 0.717) is 0 Å². The molecule has 0 aliphatic rings. The molecular weight excluding hydrogens is 364 g/mol. The second-order valence-corrected chi connectivity index (χ2v) is 9.02. The van der Waals surface area contributed by atoms with Crippen LogP contribution < -0.4 is 0 Å². The second kappa shape index (κ2) is 19.8. The first-order valence-electron chi connectivity index (χ1n) is 11.7. The molecule has 0 saturated heterocycles. The van der Waals surface area contributed by atoms with E-state index in [-0.39, 0.29) is 12.7 Å². The lowest BCUT2D eigenvalue weighted by Gasteiger charge is -2.15. The fourth-order valence-electron chi connectivity index (χ4n) is 3.39. The van der Waals surface area contributed by atoms with Crippen LogP contribution in [0.25, 0.3) is 0 Å². The van der Waals surface area contributed by atoms with E-state index in [4.69, 9.17) is 4.74 Å². The number of rotatable bonds is 20. The molecule has 0 saturated carbocycles. The summed E-state index contributed by atoms with van der Waals surface area (Å²) >= 11 is 1.93. The molecule has 0 fully saturated rings. The lowest BCUT2D eigenvalue weighted by molar-refractivity contribution is 0.0260. The van der Waals surface area contributed by atoms with Gasteiger partial charge in [0.25, 0.3) is 0 Å². The molecule has 162 valence electrons. The minimum atomic E-state index is 0.0210. The molecule has 0 aliphatic carbocycles. The number of hydrogen-bond acceptors (Lipinski definition) is 3. The fourth-order valence-corrected chi connectivity index (χ4v) is 4.43. The fraction of sp³-hybridized carbons (Fsp3) is 0.760. The molecule has 0 spiro atoms. The topological polar surface area (TPSA) is 29.5 Å². The average Bonchev–Trinajstić information content (AvgIpc) is 2.73. The molecule has 2 nitrogen and oxygen atoms in total. The Morgan fingerprint density at radius 3 is 2.18 bits per heavy atom. The summed E-state index contributed by atoms with van der Waals surface area (Å²) in [5.41, 5.74) is 1.45. The van der Waals surface area contributed by atoms with Gasteiger partial charge in [-0.1, -0.05) is 95.0 Å². The maximum Gasteiger partial charge on any atom is 0.0895 e. The Morgan fingerprint density at radius 2 is 1.46 bits per heavy atom. The SMILES string of the molecule is CCCCCCCCCCO[C@@H](CO)CSCCCCCCc1ccccc1. The largest absolute Gasteiger partial charge is 0.394 e. The van der Waals surface area contributed by atoms with Crippen molar-refractivity contribution in [3.63, 3.8) is 0 Å². The van der Waals surface area contributed by atoms with E-state index in [1.807, 2.05) is 11.8 Å². The second-order valence-electron chi connectivity index (χ2n) is 7.87. The monoisotopic (exact) mass is 408 g/mol. The highest BCUT2D eigenvalue weighted by atomic mass is 32.2. The molecule has 1 atom stereocenters. The molecule has 0 amide bonds. The lowest BCUT2D eigenvalue weighted by atomic mass is 10.1. The maximum atomic E-state index is 9.49. The standard InChI is InChI=1S/C25H44O2S/c1-2-3-4-5-6-7-9-15-20-27-25(22-26)23-28-21-16-10-8-12-17-24-18-13-11-14-19-24/h11,13-14,18-19,25-26H,2-10,12,15-17,20-23H2,1H3/t25-/m0/s1. The number of hydrogen-bond donors (Lipinski definition) is 1. The quantitative estimate of drug-likeness (QED) is 0.235. The molecule has 1 aromatic rings. The molecule has 0 heterocycles. The van der Waals surface area contributed by atoms with Gasteiger partial charge in [0.05, 0.1) is 12.7 Å². The number of thioether (sulfide) groups is 1. The van der Waals surface area contributed by atoms with Crippen molar-refractivity contribution >= 4 is 11.8 Å². The van der Waals surface area contributed by atoms with Crippen LogP contribution in [0.15, 0.2) is 30.3 Å². The van der Waals surface area contributed by atoms with Crippen LogP contribution in [-0.2, 0) is 11.2 Å². The molecule has 0 bridgehead atoms. The van der Waals surface area contributed by atoms with Gasteiger partial charge < -0.3 is 9.84 Å². The Kier molecular flexibility index (Phi) is 18.0. The highest BCUT2D eigenvalue weighted by Gasteiger charge is 2.07. The minimum Gasteiger partial charge on any atom is -0.394 e. The third-order valence-corrected chi connectivity index (χ3v) is 6.39. The van der Waals surface area contributed by atoms with E-state index in [0.717, 1.165) is 18.8 Å². The van der Waals surface area contributed by atoms with Crippen LogP contribution in [0.2, 0.25) is 0 Å². The third-order valence-electron chi connectivity index (χ3n) is 5.21. The van der Waals surface area contributed by atoms with E-state index in [1.165, 1.54) is 88.4 Å². The molecule has 1 aromatic carbocycles. The van der Waals surface area contributed by atoms with Gasteiger partial charge in [0.15, 0.2) is 0 Å². The van der Waals surface area contributed by atoms with E-state index < -0.39 is 0 Å². The van der Waals surface area contributed by atoms with Crippen molar-refractivity contribution in [3.05, 3.63) is 35.9 Å². The van der Waals surface area contributed by atoms with Crippen molar-refractivity contribution < 1.29 is 9.84 Å². The number of ether oxygens (including phenoxy) is 1. The first-order chi connectivity index (χ1) is 13.9. The van der Waals surface area contributed by atoms with Crippen molar-refractivity contribution in [1.82, 2.24) is 0 Å². The zero-order valence-corrected chi connectivity index (χ0v) is 19.1. The lowest BCUT2D eigenvalue weighted by Crippen LogP contribution is -2.21. The molecule has 1 rings (SSSR count). The first-order valence-corrected chi connectivity index (χ1v) is 12.9. The molecule has 0 unspecified atom stereocenters. The molecule has 1 N–H and O–H groups in total. The van der Waals surface area contributed by atoms with Crippen LogP contribution in [-0.4, -0.2) is 35.9 Å². The summed E-state index contributed by atoms with van der Waals surface area (Å²) in [5.74, 6) is 2.11. The highest BCUT2D eigenvalue weighted by molar-refractivity contribution is 7.99. The normalized spacial score (nSPS) is 12.4. The zero-order valence-electron chi connectivity index (χ0n) is 18.2. The first kappa shape index (κ1) is 25.5. The number of unbranched alkanes of at least 4 members (excludes halogenated alkanes) is 10. The van der Waals surface area contributed by atoms with Crippen molar-refractivity contribution in [1.29, 1.82) is 0 Å². The predicted molar refractivity (Wildman–Crippen MR) is 125 cm³/mol. The molecule has 0 aromatic heterocycles. The Morgan fingerprint density at radius 1 is 0.821 bits per heavy atom. The third kappa shape index (κ3) is 15.4. The number of aliphatic hydroxyl groups excluding tert-OH is 1. The summed E-state index contributed by atoms with van der Waals surface area (Å²) in [7, 11) is 0. The van der Waals surface area contributed by atoms with Crippen LogP contribution in [0.3, 0.4) is 0 Å². The van der Waals surface area contributed by atoms with Crippen LogP contribution in [0, 0.1) is 0 Å². The van der Waals surface area contributed by atoms with Gasteiger partial charge in [-0.3, -0.25) is 0 Å². The smallest absolute Gasteiger partial charge is 0.0895 e. The van der Waals surface area contributed by atoms with Gasteiger partial charge in [-0.25, -0.2) is 0 Å². The van der Waals surface area contributed by atoms with Crippen molar-refractivity contribution in [2.75, 3.05) is 24.7 Å². The number of benzene rings is 1. The molecular formula is C25H44O2S. The summed E-state index contributed by atoms with van der Waals surface area (Å²) < 4.78 is 5.86. The molecule has 28 heavy (non-hydrogen) atoms. The van der Waals surface area contributed by atoms with Crippen LogP contribution >= 0.6 is 11.8 Å². The Balaban J connectivity index is 1.85. The number of aryl methyl sites for hydroxylation is 1. The summed E-state index contributed by atoms with van der Waals surface area (Å²) in [5, 5.41) is 9.49. The number of aliphatic hydroxyl groups is 1. The Hall–Kier alpha value is -0.510. The van der Waals surface area contributed by atoms with Gasteiger partial charge >= 0.3 is 0 Å². The Bertz CT molecular complexity index is 424. The predicted octanol–water partition coefficient (Wildman–Crippen LogP) is 7.04. The summed E-state index contributed by atoms with van der Waals surface area (Å²) in [6.45, 7) is 3.22. The average molecular weight is 409 g/mol. The Labute approximate surface area is 178 Å². The minimum absolute atomic E-state index is 0.0210. The molecule has 3 heteroatoms. The van der Waals surface area contributed by atoms with Gasteiger partial charge in [-0.2, -0.15) is 11.8 Å². The van der Waals surface area contributed by atoms with E-state index in [2.05, 4.69) is 37.3 Å². The van der Waals surface area contributed by atoms with Crippen molar-refractivity contribution in [2.24, 2.45) is 0 Å². The van der Waals surface area contributed by atoms with Crippen LogP contribution in [0.4, 0.5) is 0 Å². The highest BCUT2D eigenvalue weighted by Crippen LogP contribution is 2.13. The zero-order chi connectivity index (χ0) is 20.1. The van der Waals surface area contributed by atoms with Gasteiger partial charge in [0.1, 0.15) is 0 Å². The molecule has 0 aliphatic heterocycles. The van der Waals surface area contributed by atoms with Crippen LogP contribution in [0.5, 0.6) is 0 Å². The van der Waals surface area contributed by atoms with E-state index in [1.54, 1.807) is 0 Å². The molecule has 0 radical (unpaired) electrons. The maximum absolute atomic E-state index is 9.49. The summed E-state index contributed by atoms with van der Waals surface area (Å²) in [6, 6.07) is 10.8. The van der Waals surface area contributed by atoms with Gasteiger partial charge in [0.2, 0.25) is 0 Å². The van der Waals surface area contributed by atoms with Gasteiger partial charge in [0, 0.05) is 12.4 Å². The van der Waals surface area contributed by atoms with Gasteiger partial charge in [-0.15, -0.1) is 0 Å². The van der Waals surface area contributed by atoms with E-state index >= 15 is 0 Å². The van der Waals surface area contributed by atoms with Crippen LogP contribution in [0.1, 0.15) is 89.5 Å². The van der Waals surface area contributed by atoms with Crippen molar-refractivity contribution in [3.8, 4) is 0 Å².